The second kappa shape index (κ2) is 6.38. The Bertz CT molecular complexity index is 560. The molecule has 1 heterocycles. The minimum atomic E-state index is 0.390. The van der Waals surface area contributed by atoms with Crippen LogP contribution in [0, 0.1) is 0 Å². The molecule has 0 aliphatic carbocycles. The normalized spacial score (nSPS) is 20.4. The molecule has 0 unspecified atom stereocenters. The van der Waals surface area contributed by atoms with E-state index in [0.29, 0.717) is 12.1 Å². The van der Waals surface area contributed by atoms with Crippen LogP contribution < -0.4 is 5.32 Å². The number of ether oxygens (including phenoxy) is 1. The van der Waals surface area contributed by atoms with Crippen molar-refractivity contribution >= 4 is 10.8 Å². The van der Waals surface area contributed by atoms with Crippen molar-refractivity contribution in [1.29, 1.82) is 0 Å². The summed E-state index contributed by atoms with van der Waals surface area (Å²) in [4.78, 5) is 0. The van der Waals surface area contributed by atoms with Gasteiger partial charge in [0, 0.05) is 12.6 Å². The predicted molar refractivity (Wildman–Crippen MR) is 84.0 cm³/mol. The molecular formula is C18H23NO. The quantitative estimate of drug-likeness (QED) is 0.884. The molecule has 3 rings (SSSR count). The van der Waals surface area contributed by atoms with Crippen LogP contribution in [0.25, 0.3) is 10.8 Å². The molecule has 2 heteroatoms. The first-order valence-electron chi connectivity index (χ1n) is 7.66. The summed E-state index contributed by atoms with van der Waals surface area (Å²) in [7, 11) is 0. The lowest BCUT2D eigenvalue weighted by atomic mass is 10.0. The minimum Gasteiger partial charge on any atom is -0.378 e. The third kappa shape index (κ3) is 3.20. The lowest BCUT2D eigenvalue weighted by molar-refractivity contribution is 0.103. The van der Waals surface area contributed by atoms with Gasteiger partial charge in [-0.25, -0.2) is 0 Å². The highest BCUT2D eigenvalue weighted by molar-refractivity contribution is 5.83. The SMILES string of the molecule is C[C@@H](NCC[C@@H]1CCCO1)c1ccc2ccccc2c1. The average Bonchev–Trinajstić information content (AvgIpc) is 3.00. The zero-order chi connectivity index (χ0) is 13.8. The van der Waals surface area contributed by atoms with E-state index >= 15 is 0 Å². The molecular weight excluding hydrogens is 246 g/mol. The maximum atomic E-state index is 5.66. The number of hydrogen-bond donors (Lipinski definition) is 1. The van der Waals surface area contributed by atoms with Gasteiger partial charge in [-0.3, -0.25) is 0 Å². The average molecular weight is 269 g/mol. The number of benzene rings is 2. The van der Waals surface area contributed by atoms with Crippen LogP contribution in [0.1, 0.15) is 37.8 Å². The molecule has 1 fully saturated rings. The summed E-state index contributed by atoms with van der Waals surface area (Å²) < 4.78 is 5.66. The summed E-state index contributed by atoms with van der Waals surface area (Å²) in [6.07, 6.45) is 4.06. The molecule has 106 valence electrons. The Labute approximate surface area is 121 Å². The van der Waals surface area contributed by atoms with Gasteiger partial charge in [-0.2, -0.15) is 0 Å². The third-order valence-electron chi connectivity index (χ3n) is 4.21. The molecule has 0 radical (unpaired) electrons. The summed E-state index contributed by atoms with van der Waals surface area (Å²) in [6.45, 7) is 4.21. The monoisotopic (exact) mass is 269 g/mol. The maximum absolute atomic E-state index is 5.66. The van der Waals surface area contributed by atoms with E-state index in [1.807, 2.05) is 0 Å². The van der Waals surface area contributed by atoms with Crippen molar-refractivity contribution in [3.63, 3.8) is 0 Å². The molecule has 2 atom stereocenters. The van der Waals surface area contributed by atoms with Gasteiger partial charge in [0.05, 0.1) is 6.10 Å². The van der Waals surface area contributed by atoms with E-state index in [1.54, 1.807) is 0 Å². The summed E-state index contributed by atoms with van der Waals surface area (Å²) >= 11 is 0. The van der Waals surface area contributed by atoms with Crippen molar-refractivity contribution in [1.82, 2.24) is 5.32 Å². The van der Waals surface area contributed by atoms with E-state index in [0.717, 1.165) is 19.6 Å². The van der Waals surface area contributed by atoms with Gasteiger partial charge in [-0.15, -0.1) is 0 Å². The van der Waals surface area contributed by atoms with Crippen LogP contribution in [0.15, 0.2) is 42.5 Å². The molecule has 0 aromatic heterocycles. The van der Waals surface area contributed by atoms with Crippen molar-refractivity contribution in [2.45, 2.75) is 38.3 Å². The van der Waals surface area contributed by atoms with Crippen molar-refractivity contribution < 1.29 is 4.74 Å². The Morgan fingerprint density at radius 1 is 1.20 bits per heavy atom. The van der Waals surface area contributed by atoms with Gasteiger partial charge in [-0.1, -0.05) is 36.4 Å². The Morgan fingerprint density at radius 3 is 2.85 bits per heavy atom. The topological polar surface area (TPSA) is 21.3 Å². The van der Waals surface area contributed by atoms with Gasteiger partial charge in [0.2, 0.25) is 0 Å². The Hall–Kier alpha value is -1.38. The molecule has 1 aliphatic heterocycles. The molecule has 1 aliphatic rings. The van der Waals surface area contributed by atoms with Gasteiger partial charge in [0.25, 0.3) is 0 Å². The molecule has 2 aromatic carbocycles. The van der Waals surface area contributed by atoms with Crippen molar-refractivity contribution in [2.75, 3.05) is 13.2 Å². The molecule has 2 aromatic rings. The number of nitrogens with one attached hydrogen (secondary N) is 1. The van der Waals surface area contributed by atoms with E-state index in [2.05, 4.69) is 54.7 Å². The lowest BCUT2D eigenvalue weighted by Crippen LogP contribution is -2.23. The Balaban J connectivity index is 1.58. The second-order valence-electron chi connectivity index (χ2n) is 5.71. The van der Waals surface area contributed by atoms with E-state index in [-0.39, 0.29) is 0 Å². The van der Waals surface area contributed by atoms with E-state index in [1.165, 1.54) is 29.2 Å². The van der Waals surface area contributed by atoms with Gasteiger partial charge >= 0.3 is 0 Å². The minimum absolute atomic E-state index is 0.390. The molecule has 0 amide bonds. The van der Waals surface area contributed by atoms with E-state index in [4.69, 9.17) is 4.74 Å². The molecule has 2 nitrogen and oxygen atoms in total. The molecule has 0 spiro atoms. The van der Waals surface area contributed by atoms with Crippen LogP contribution in [0.5, 0.6) is 0 Å². The Morgan fingerprint density at radius 2 is 2.05 bits per heavy atom. The lowest BCUT2D eigenvalue weighted by Gasteiger charge is -2.16. The zero-order valence-electron chi connectivity index (χ0n) is 12.1. The van der Waals surface area contributed by atoms with Crippen LogP contribution >= 0.6 is 0 Å². The first kappa shape index (κ1) is 13.6. The van der Waals surface area contributed by atoms with Crippen LogP contribution in [0.3, 0.4) is 0 Å². The fraction of sp³-hybridized carbons (Fsp3) is 0.444. The second-order valence-corrected chi connectivity index (χ2v) is 5.71. The molecule has 0 bridgehead atoms. The first-order chi connectivity index (χ1) is 9.83. The van der Waals surface area contributed by atoms with Crippen LogP contribution in [0.4, 0.5) is 0 Å². The molecule has 0 saturated carbocycles. The summed E-state index contributed by atoms with van der Waals surface area (Å²) in [5.74, 6) is 0. The number of fused-ring (bicyclic) bond motifs is 1. The molecule has 20 heavy (non-hydrogen) atoms. The molecule has 1 N–H and O–H groups in total. The fourth-order valence-electron chi connectivity index (χ4n) is 2.93. The van der Waals surface area contributed by atoms with Crippen LogP contribution in [-0.2, 0) is 4.74 Å². The van der Waals surface area contributed by atoms with Crippen LogP contribution in [-0.4, -0.2) is 19.3 Å². The summed E-state index contributed by atoms with van der Waals surface area (Å²) in [6, 6.07) is 15.6. The highest BCUT2D eigenvalue weighted by Gasteiger charge is 2.15. The highest BCUT2D eigenvalue weighted by atomic mass is 16.5. The number of hydrogen-bond acceptors (Lipinski definition) is 2. The first-order valence-corrected chi connectivity index (χ1v) is 7.66. The fourth-order valence-corrected chi connectivity index (χ4v) is 2.93. The zero-order valence-corrected chi connectivity index (χ0v) is 12.1. The van der Waals surface area contributed by atoms with Gasteiger partial charge < -0.3 is 10.1 Å². The maximum Gasteiger partial charge on any atom is 0.0588 e. The van der Waals surface area contributed by atoms with Gasteiger partial charge in [0.1, 0.15) is 0 Å². The molecule has 1 saturated heterocycles. The van der Waals surface area contributed by atoms with Gasteiger partial charge in [0.15, 0.2) is 0 Å². The summed E-state index contributed by atoms with van der Waals surface area (Å²) in [5.41, 5.74) is 1.36. The smallest absolute Gasteiger partial charge is 0.0588 e. The van der Waals surface area contributed by atoms with Crippen molar-refractivity contribution in [2.24, 2.45) is 0 Å². The Kier molecular flexibility index (Phi) is 4.34. The predicted octanol–water partition coefficient (Wildman–Crippen LogP) is 4.06. The van der Waals surface area contributed by atoms with Gasteiger partial charge in [-0.05, 0) is 55.1 Å². The van der Waals surface area contributed by atoms with E-state index < -0.39 is 0 Å². The van der Waals surface area contributed by atoms with Crippen LogP contribution in [0.2, 0.25) is 0 Å². The number of rotatable bonds is 5. The third-order valence-corrected chi connectivity index (χ3v) is 4.21. The standard InChI is InChI=1S/C18H23NO/c1-14(19-11-10-18-7-4-12-20-18)16-9-8-15-5-2-3-6-17(15)13-16/h2-3,5-6,8-9,13-14,18-19H,4,7,10-12H2,1H3/t14-,18+/m1/s1. The van der Waals surface area contributed by atoms with Crippen molar-refractivity contribution in [3.8, 4) is 0 Å². The highest BCUT2D eigenvalue weighted by Crippen LogP contribution is 2.20. The summed E-state index contributed by atoms with van der Waals surface area (Å²) in [5, 5.41) is 6.24. The van der Waals surface area contributed by atoms with E-state index in [9.17, 15) is 0 Å². The largest absolute Gasteiger partial charge is 0.378 e. The van der Waals surface area contributed by atoms with Crippen molar-refractivity contribution in [3.05, 3.63) is 48.0 Å².